The summed E-state index contributed by atoms with van der Waals surface area (Å²) in [5.74, 6) is 0.900. The van der Waals surface area contributed by atoms with Crippen LogP contribution in [0, 0.1) is 12.0 Å². The normalized spacial score (nSPS) is 11.7. The number of phenols is 1. The number of benzene rings is 5. The molecule has 4 aromatic heterocycles. The number of nitrogens with zero attached hydrogens (tertiary/aromatic N) is 3. The summed E-state index contributed by atoms with van der Waals surface area (Å²) in [5, 5.41) is 16.1. The van der Waals surface area contributed by atoms with Gasteiger partial charge in [-0.2, -0.15) is 0 Å². The molecule has 0 fully saturated rings. The Morgan fingerprint density at radius 3 is 2.23 bits per heavy atom. The Kier molecular flexibility index (Phi) is 9.75. The molecule has 0 saturated carbocycles. The standard InChI is InChI=1S/C29H28NS.C17H12N2O.Ir/c1-18(2)15-20-10-8-12-23-24-13-14-30-26(28(24)31-27(20)23)21-16-19-9-6-7-11-22(19)25(17-21)29(3,4)5;20-15-10-4-8-13-16(15)17-14(9-5-11-18-17)19(13)12-6-2-1-3-7-12;/h6-14,17-18H,15H2,1-5H3;1-11,20H;/q-1;;. The van der Waals surface area contributed by atoms with Gasteiger partial charge in [0.2, 0.25) is 0 Å². The van der Waals surface area contributed by atoms with E-state index in [9.17, 15) is 5.11 Å². The molecule has 0 aliphatic carbocycles. The number of hydrogen-bond acceptors (Lipinski definition) is 4. The summed E-state index contributed by atoms with van der Waals surface area (Å²) < 4.78 is 4.79. The second kappa shape index (κ2) is 14.3. The number of aromatic hydroxyl groups is 1. The van der Waals surface area contributed by atoms with Crippen molar-refractivity contribution >= 4 is 64.2 Å². The maximum Gasteiger partial charge on any atom is 0.127 e. The fourth-order valence-electron chi connectivity index (χ4n) is 7.27. The summed E-state index contributed by atoms with van der Waals surface area (Å²) in [5.41, 5.74) is 8.81. The van der Waals surface area contributed by atoms with Gasteiger partial charge in [-0.25, -0.2) is 0 Å². The van der Waals surface area contributed by atoms with Crippen LogP contribution < -0.4 is 0 Å². The molecule has 52 heavy (non-hydrogen) atoms. The van der Waals surface area contributed by atoms with Crippen molar-refractivity contribution in [2.45, 2.75) is 46.5 Å². The van der Waals surface area contributed by atoms with Crippen LogP contribution in [-0.2, 0) is 31.9 Å². The first-order valence-electron chi connectivity index (χ1n) is 17.6. The van der Waals surface area contributed by atoms with E-state index in [2.05, 4.69) is 117 Å². The molecule has 261 valence electrons. The molecule has 0 spiro atoms. The number of pyridine rings is 2. The van der Waals surface area contributed by atoms with E-state index in [1.807, 2.05) is 60.0 Å². The summed E-state index contributed by atoms with van der Waals surface area (Å²) in [6, 6.07) is 43.1. The predicted octanol–water partition coefficient (Wildman–Crippen LogP) is 12.4. The van der Waals surface area contributed by atoms with Gasteiger partial charge in [0.25, 0.3) is 0 Å². The quantitative estimate of drug-likeness (QED) is 0.179. The summed E-state index contributed by atoms with van der Waals surface area (Å²) in [7, 11) is 0. The molecule has 1 radical (unpaired) electrons. The minimum absolute atomic E-state index is 0. The van der Waals surface area contributed by atoms with Gasteiger partial charge in [-0.3, -0.25) is 9.97 Å². The smallest absolute Gasteiger partial charge is 0.127 e. The van der Waals surface area contributed by atoms with Crippen molar-refractivity contribution in [1.82, 2.24) is 14.5 Å². The van der Waals surface area contributed by atoms with Crippen LogP contribution >= 0.6 is 11.3 Å². The maximum absolute atomic E-state index is 10.2. The first-order chi connectivity index (χ1) is 24.7. The largest absolute Gasteiger partial charge is 0.507 e. The van der Waals surface area contributed by atoms with Gasteiger partial charge in [0, 0.05) is 58.7 Å². The SMILES string of the molecule is CC(C)Cc1cccc2c1sc1c(-c3[c-]c4ccccc4c(C(C)(C)C)c3)nccc12.Oc1cccc2c1c1ncccc1n2-c1ccccc1.[Ir]. The number of aromatic nitrogens is 3. The first kappa shape index (κ1) is 35.5. The molecule has 0 aliphatic heterocycles. The van der Waals surface area contributed by atoms with Crippen molar-refractivity contribution in [2.24, 2.45) is 5.92 Å². The molecule has 4 nitrogen and oxygen atoms in total. The van der Waals surface area contributed by atoms with Crippen LogP contribution in [0.1, 0.15) is 45.7 Å². The van der Waals surface area contributed by atoms with Gasteiger partial charge in [0.05, 0.1) is 16.4 Å². The third kappa shape index (κ3) is 6.41. The number of thiophene rings is 1. The molecule has 4 heterocycles. The van der Waals surface area contributed by atoms with Gasteiger partial charge in [0.1, 0.15) is 11.3 Å². The van der Waals surface area contributed by atoms with Crippen molar-refractivity contribution in [1.29, 1.82) is 0 Å². The van der Waals surface area contributed by atoms with E-state index in [1.54, 1.807) is 12.3 Å². The third-order valence-corrected chi connectivity index (χ3v) is 10.8. The van der Waals surface area contributed by atoms with E-state index < -0.39 is 0 Å². The van der Waals surface area contributed by atoms with Crippen molar-refractivity contribution in [3.05, 3.63) is 145 Å². The summed E-state index contributed by atoms with van der Waals surface area (Å²) >= 11 is 1.89. The zero-order chi connectivity index (χ0) is 35.3. The Morgan fingerprint density at radius 1 is 0.731 bits per heavy atom. The fourth-order valence-corrected chi connectivity index (χ4v) is 8.59. The molecule has 6 heteroatoms. The van der Waals surface area contributed by atoms with Gasteiger partial charge in [-0.15, -0.1) is 40.5 Å². The molecule has 9 aromatic rings. The van der Waals surface area contributed by atoms with Crippen LogP contribution in [0.2, 0.25) is 0 Å². The van der Waals surface area contributed by atoms with Gasteiger partial charge in [0.15, 0.2) is 0 Å². The molecule has 0 saturated heterocycles. The van der Waals surface area contributed by atoms with E-state index in [-0.39, 0.29) is 31.3 Å². The van der Waals surface area contributed by atoms with Crippen LogP contribution in [0.25, 0.3) is 69.8 Å². The molecule has 0 amide bonds. The number of phenolic OH excluding ortho intramolecular Hbond substituents is 1. The van der Waals surface area contributed by atoms with E-state index in [1.165, 1.54) is 36.7 Å². The molecule has 0 bridgehead atoms. The van der Waals surface area contributed by atoms with E-state index in [0.29, 0.717) is 5.92 Å². The van der Waals surface area contributed by atoms with Gasteiger partial charge < -0.3 is 9.67 Å². The van der Waals surface area contributed by atoms with Crippen LogP contribution in [0.15, 0.2) is 128 Å². The Labute approximate surface area is 322 Å². The second-order valence-corrected chi connectivity index (χ2v) is 15.7. The van der Waals surface area contributed by atoms with Gasteiger partial charge in [-0.1, -0.05) is 106 Å². The van der Waals surface area contributed by atoms with E-state index in [4.69, 9.17) is 4.98 Å². The Bertz CT molecular complexity index is 2700. The maximum atomic E-state index is 10.2. The predicted molar refractivity (Wildman–Crippen MR) is 216 cm³/mol. The van der Waals surface area contributed by atoms with Crippen molar-refractivity contribution < 1.29 is 25.2 Å². The van der Waals surface area contributed by atoms with Crippen LogP contribution in [-0.4, -0.2) is 19.6 Å². The average molecular weight is 875 g/mol. The van der Waals surface area contributed by atoms with Crippen LogP contribution in [0.5, 0.6) is 5.75 Å². The fraction of sp³-hybridized carbons (Fsp3) is 0.174. The minimum atomic E-state index is 0. The summed E-state index contributed by atoms with van der Waals surface area (Å²) in [6.45, 7) is 11.4. The molecule has 0 unspecified atom stereocenters. The van der Waals surface area contributed by atoms with E-state index in [0.717, 1.165) is 50.7 Å². The third-order valence-electron chi connectivity index (χ3n) is 9.50. The van der Waals surface area contributed by atoms with E-state index >= 15 is 0 Å². The van der Waals surface area contributed by atoms with Crippen molar-refractivity contribution in [3.8, 4) is 22.7 Å². The average Bonchev–Trinajstić information content (AvgIpc) is 3.69. The molecule has 1 N–H and O–H groups in total. The minimum Gasteiger partial charge on any atom is -0.507 e. The van der Waals surface area contributed by atoms with Crippen molar-refractivity contribution in [2.75, 3.05) is 0 Å². The van der Waals surface area contributed by atoms with Crippen LogP contribution in [0.4, 0.5) is 0 Å². The number of para-hydroxylation sites is 1. The molecule has 0 atom stereocenters. The Hall–Kier alpha value is -4.87. The van der Waals surface area contributed by atoms with Crippen LogP contribution in [0.3, 0.4) is 0 Å². The Balaban J connectivity index is 0.000000173. The number of hydrogen-bond donors (Lipinski definition) is 1. The topological polar surface area (TPSA) is 50.9 Å². The van der Waals surface area contributed by atoms with Gasteiger partial charge >= 0.3 is 0 Å². The zero-order valence-corrected chi connectivity index (χ0v) is 33.2. The molecule has 0 aliphatic rings. The zero-order valence-electron chi connectivity index (χ0n) is 29.9. The molecule has 9 rings (SSSR count). The number of rotatable bonds is 4. The Morgan fingerprint density at radius 2 is 1.44 bits per heavy atom. The van der Waals surface area contributed by atoms with Crippen molar-refractivity contribution in [3.63, 3.8) is 0 Å². The molecule has 5 aromatic carbocycles. The molecular weight excluding hydrogens is 835 g/mol. The molecular formula is C46H40IrN3OS-. The second-order valence-electron chi connectivity index (χ2n) is 14.6. The monoisotopic (exact) mass is 875 g/mol. The number of fused-ring (bicyclic) bond motifs is 7. The first-order valence-corrected chi connectivity index (χ1v) is 18.4. The summed E-state index contributed by atoms with van der Waals surface area (Å²) in [6.07, 6.45) is 4.81. The van der Waals surface area contributed by atoms with Gasteiger partial charge in [-0.05, 0) is 71.2 Å². The summed E-state index contributed by atoms with van der Waals surface area (Å²) in [4.78, 5) is 9.31.